The molecule has 36 heavy (non-hydrogen) atoms. The van der Waals surface area contributed by atoms with Crippen LogP contribution in [-0.2, 0) is 16.1 Å². The predicted octanol–water partition coefficient (Wildman–Crippen LogP) is 5.67. The molecule has 3 rings (SSSR count). The third-order valence-electron chi connectivity index (χ3n) is 5.36. The highest BCUT2D eigenvalue weighted by atomic mass is 19.1. The van der Waals surface area contributed by atoms with Crippen LogP contribution in [0.5, 0.6) is 11.5 Å². The Morgan fingerprint density at radius 1 is 1.17 bits per heavy atom. The Bertz CT molecular complexity index is 1130. The minimum Gasteiger partial charge on any atom is -0.488 e. The molecule has 1 aromatic carbocycles. The number of nitrogens with zero attached hydrogens (tertiary/aromatic N) is 1. The molecule has 0 saturated heterocycles. The maximum Gasteiger partial charge on any atom is 0.412 e. The molecule has 2 heterocycles. The minimum atomic E-state index is -0.790. The number of rotatable bonds is 7. The van der Waals surface area contributed by atoms with Gasteiger partial charge in [0, 0.05) is 11.1 Å². The van der Waals surface area contributed by atoms with Gasteiger partial charge in [-0.15, -0.1) is 0 Å². The normalized spacial score (nSPS) is 14.0. The summed E-state index contributed by atoms with van der Waals surface area (Å²) in [5.41, 5.74) is 0.0717. The van der Waals surface area contributed by atoms with Gasteiger partial charge >= 0.3 is 12.2 Å². The first kappa shape index (κ1) is 27.0. The van der Waals surface area contributed by atoms with Gasteiger partial charge in [-0.25, -0.2) is 19.0 Å². The van der Waals surface area contributed by atoms with Crippen LogP contribution in [0.3, 0.4) is 0 Å². The molecule has 1 aliphatic heterocycles. The molecule has 2 amide bonds. The van der Waals surface area contributed by atoms with Crippen molar-refractivity contribution in [3.63, 3.8) is 0 Å². The Hall–Kier alpha value is -3.56. The van der Waals surface area contributed by atoms with Gasteiger partial charge in [0.2, 0.25) is 0 Å². The number of halogens is 1. The highest BCUT2D eigenvalue weighted by Crippen LogP contribution is 2.41. The standard InChI is InChI=1S/C26H34FN3O6/c1-15(2)11-26(6,30-24(32)36-25(3,4)5)14-35-19-9-8-16-17-10-21(29-23(31)33-7)28-12-20(17)34-13-18(16)22(19)27/h8-10,12,15H,11,13-14H2,1-7H3,(H,30,32)(H,28,29,31). The summed E-state index contributed by atoms with van der Waals surface area (Å²) in [6.45, 7) is 11.3. The number of carbonyl (C=O) groups is 2. The zero-order chi connectivity index (χ0) is 26.7. The van der Waals surface area contributed by atoms with Crippen LogP contribution in [0.4, 0.5) is 19.8 Å². The molecular formula is C26H34FN3O6. The molecule has 9 nitrogen and oxygen atoms in total. The van der Waals surface area contributed by atoms with Crippen LogP contribution < -0.4 is 20.1 Å². The van der Waals surface area contributed by atoms with E-state index in [-0.39, 0.29) is 30.7 Å². The van der Waals surface area contributed by atoms with Gasteiger partial charge in [0.15, 0.2) is 11.6 Å². The Kier molecular flexibility index (Phi) is 7.96. The second-order valence-corrected chi connectivity index (χ2v) is 10.4. The Balaban J connectivity index is 1.82. The first-order valence-electron chi connectivity index (χ1n) is 11.7. The first-order chi connectivity index (χ1) is 16.8. The van der Waals surface area contributed by atoms with Crippen LogP contribution in [0.25, 0.3) is 11.1 Å². The summed E-state index contributed by atoms with van der Waals surface area (Å²) in [7, 11) is 1.25. The first-order valence-corrected chi connectivity index (χ1v) is 11.7. The summed E-state index contributed by atoms with van der Waals surface area (Å²) in [4.78, 5) is 28.1. The molecule has 1 aromatic heterocycles. The van der Waals surface area contributed by atoms with E-state index >= 15 is 4.39 Å². The average Bonchev–Trinajstić information content (AvgIpc) is 2.76. The molecule has 0 bridgehead atoms. The number of anilines is 1. The predicted molar refractivity (Wildman–Crippen MR) is 133 cm³/mol. The number of hydrogen-bond donors (Lipinski definition) is 2. The van der Waals surface area contributed by atoms with Crippen molar-refractivity contribution in [2.45, 2.75) is 65.7 Å². The number of amides is 2. The van der Waals surface area contributed by atoms with E-state index in [1.807, 2.05) is 20.8 Å². The number of nitrogens with one attached hydrogen (secondary N) is 2. The van der Waals surface area contributed by atoms with Crippen molar-refractivity contribution in [1.82, 2.24) is 10.3 Å². The third-order valence-corrected chi connectivity index (χ3v) is 5.36. The molecule has 1 aliphatic rings. The van der Waals surface area contributed by atoms with E-state index in [9.17, 15) is 9.59 Å². The minimum absolute atomic E-state index is 0.00373. The summed E-state index contributed by atoms with van der Waals surface area (Å²) in [5.74, 6) is 0.450. The average molecular weight is 504 g/mol. The van der Waals surface area contributed by atoms with Crippen molar-refractivity contribution in [2.75, 3.05) is 19.0 Å². The number of benzene rings is 1. The number of methoxy groups -OCH3 is 1. The molecule has 10 heteroatoms. The molecule has 0 saturated carbocycles. The second kappa shape index (κ2) is 10.6. The molecule has 0 radical (unpaired) electrons. The lowest BCUT2D eigenvalue weighted by molar-refractivity contribution is 0.0406. The summed E-state index contributed by atoms with van der Waals surface area (Å²) < 4.78 is 37.1. The Labute approximate surface area is 210 Å². The fourth-order valence-electron chi connectivity index (χ4n) is 4.08. The lowest BCUT2D eigenvalue weighted by atomic mass is 9.91. The Morgan fingerprint density at radius 2 is 1.89 bits per heavy atom. The highest BCUT2D eigenvalue weighted by Gasteiger charge is 2.32. The fourth-order valence-corrected chi connectivity index (χ4v) is 4.08. The zero-order valence-electron chi connectivity index (χ0n) is 21.8. The molecule has 2 N–H and O–H groups in total. The zero-order valence-corrected chi connectivity index (χ0v) is 21.8. The quantitative estimate of drug-likeness (QED) is 0.501. The van der Waals surface area contributed by atoms with Crippen LogP contribution in [0.2, 0.25) is 0 Å². The smallest absolute Gasteiger partial charge is 0.412 e. The van der Waals surface area contributed by atoms with E-state index in [0.717, 1.165) is 0 Å². The topological polar surface area (TPSA) is 108 Å². The van der Waals surface area contributed by atoms with E-state index in [2.05, 4.69) is 20.4 Å². The second-order valence-electron chi connectivity index (χ2n) is 10.4. The molecule has 0 aliphatic carbocycles. The van der Waals surface area contributed by atoms with Crippen molar-refractivity contribution in [1.29, 1.82) is 0 Å². The molecular weight excluding hydrogens is 469 g/mol. The van der Waals surface area contributed by atoms with Gasteiger partial charge in [-0.2, -0.15) is 0 Å². The van der Waals surface area contributed by atoms with Crippen LogP contribution in [0.15, 0.2) is 24.4 Å². The highest BCUT2D eigenvalue weighted by molar-refractivity contribution is 5.86. The number of carbonyl (C=O) groups excluding carboxylic acids is 2. The van der Waals surface area contributed by atoms with E-state index in [0.29, 0.717) is 28.9 Å². The van der Waals surface area contributed by atoms with Gasteiger partial charge < -0.3 is 24.3 Å². The lowest BCUT2D eigenvalue weighted by Gasteiger charge is -2.33. The lowest BCUT2D eigenvalue weighted by Crippen LogP contribution is -2.52. The van der Waals surface area contributed by atoms with Crippen molar-refractivity contribution in [3.8, 4) is 22.6 Å². The van der Waals surface area contributed by atoms with E-state index in [1.165, 1.54) is 13.3 Å². The van der Waals surface area contributed by atoms with Gasteiger partial charge in [-0.3, -0.25) is 5.32 Å². The van der Waals surface area contributed by atoms with E-state index < -0.39 is 29.1 Å². The number of alkyl carbamates (subject to hydrolysis) is 1. The van der Waals surface area contributed by atoms with Crippen LogP contribution in [0, 0.1) is 11.7 Å². The molecule has 1 unspecified atom stereocenters. The van der Waals surface area contributed by atoms with Crippen LogP contribution >= 0.6 is 0 Å². The maximum absolute atomic E-state index is 15.5. The SMILES string of the molecule is COC(=O)Nc1cc2c(cn1)OCc1c-2ccc(OCC(C)(CC(C)C)NC(=O)OC(C)(C)C)c1F. The molecule has 2 aromatic rings. The van der Waals surface area contributed by atoms with E-state index in [4.69, 9.17) is 14.2 Å². The Morgan fingerprint density at radius 3 is 2.53 bits per heavy atom. The number of hydrogen-bond acceptors (Lipinski definition) is 7. The van der Waals surface area contributed by atoms with Crippen molar-refractivity contribution >= 4 is 18.0 Å². The van der Waals surface area contributed by atoms with Gasteiger partial charge in [-0.05, 0) is 63.8 Å². The number of pyridine rings is 1. The van der Waals surface area contributed by atoms with Crippen molar-refractivity contribution in [2.24, 2.45) is 5.92 Å². The van der Waals surface area contributed by atoms with Crippen LogP contribution in [-0.4, -0.2) is 42.0 Å². The van der Waals surface area contributed by atoms with E-state index in [1.54, 1.807) is 39.0 Å². The number of aromatic nitrogens is 1. The van der Waals surface area contributed by atoms with Gasteiger partial charge in [0.05, 0.1) is 18.8 Å². The summed E-state index contributed by atoms with van der Waals surface area (Å²) in [5, 5.41) is 5.38. The number of ether oxygens (including phenoxy) is 4. The summed E-state index contributed by atoms with van der Waals surface area (Å²) >= 11 is 0. The fraction of sp³-hybridized carbons (Fsp3) is 0.500. The summed E-state index contributed by atoms with van der Waals surface area (Å²) in [6, 6.07) is 4.87. The van der Waals surface area contributed by atoms with Gasteiger partial charge in [0.1, 0.15) is 30.4 Å². The maximum atomic E-state index is 15.5. The number of fused-ring (bicyclic) bond motifs is 3. The molecule has 0 fully saturated rings. The van der Waals surface area contributed by atoms with Gasteiger partial charge in [-0.1, -0.05) is 13.8 Å². The van der Waals surface area contributed by atoms with Crippen LogP contribution in [0.1, 0.15) is 53.5 Å². The molecule has 0 spiro atoms. The van der Waals surface area contributed by atoms with Crippen molar-refractivity contribution in [3.05, 3.63) is 35.8 Å². The molecule has 1 atom stereocenters. The summed E-state index contributed by atoms with van der Waals surface area (Å²) in [6.07, 6.45) is 0.831. The third kappa shape index (κ3) is 6.77. The largest absolute Gasteiger partial charge is 0.488 e. The molecule has 196 valence electrons. The monoisotopic (exact) mass is 503 g/mol. The van der Waals surface area contributed by atoms with Crippen molar-refractivity contribution < 1.29 is 32.9 Å². The van der Waals surface area contributed by atoms with Gasteiger partial charge in [0.25, 0.3) is 0 Å².